The van der Waals surface area contributed by atoms with Crippen molar-refractivity contribution in [1.82, 2.24) is 5.32 Å². The molecule has 1 heterocycles. The molecule has 130 valence electrons. The number of carbonyl (C=O) groups excluding carboxylic acids is 2. The molecular weight excluding hydrogens is 316 g/mol. The summed E-state index contributed by atoms with van der Waals surface area (Å²) >= 11 is 0. The number of urea groups is 1. The van der Waals surface area contributed by atoms with E-state index in [9.17, 15) is 9.59 Å². The van der Waals surface area contributed by atoms with Crippen molar-refractivity contribution in [3.8, 4) is 0 Å². The quantitative estimate of drug-likeness (QED) is 0.822. The Hall–Kier alpha value is -2.82. The van der Waals surface area contributed by atoms with Crippen LogP contribution in [0.4, 0.5) is 10.5 Å². The van der Waals surface area contributed by atoms with Crippen LogP contribution in [0.15, 0.2) is 60.7 Å². The van der Waals surface area contributed by atoms with Crippen LogP contribution in [-0.2, 0) is 9.53 Å². The van der Waals surface area contributed by atoms with Gasteiger partial charge in [0.1, 0.15) is 0 Å². The maximum absolute atomic E-state index is 12.4. The zero-order valence-corrected chi connectivity index (χ0v) is 14.2. The second-order valence-electron chi connectivity index (χ2n) is 5.99. The molecule has 0 bridgehead atoms. The molecule has 1 aliphatic heterocycles. The Morgan fingerprint density at radius 2 is 1.80 bits per heavy atom. The van der Waals surface area contributed by atoms with Crippen molar-refractivity contribution >= 4 is 17.7 Å². The topological polar surface area (TPSA) is 58.6 Å². The molecule has 2 unspecified atom stereocenters. The molecule has 5 nitrogen and oxygen atoms in total. The highest BCUT2D eigenvalue weighted by molar-refractivity contribution is 5.95. The first-order valence-electron chi connectivity index (χ1n) is 8.53. The highest BCUT2D eigenvalue weighted by Crippen LogP contribution is 2.32. The predicted molar refractivity (Wildman–Crippen MR) is 96.5 cm³/mol. The van der Waals surface area contributed by atoms with E-state index in [1.54, 1.807) is 11.8 Å². The second kappa shape index (κ2) is 7.83. The molecular formula is C20H22N2O3. The number of benzene rings is 2. The standard InChI is InChI=1S/C20H22N2O3/c1-2-25-19(23)13-17(15-9-5-3-6-10-15)18-14-21-20(24)22(18)16-11-7-4-8-12-16/h3-12,17-18H,2,13-14H2,1H3,(H,21,24). The van der Waals surface area contributed by atoms with Crippen molar-refractivity contribution in [1.29, 1.82) is 0 Å². The van der Waals surface area contributed by atoms with E-state index < -0.39 is 0 Å². The number of hydrogen-bond donors (Lipinski definition) is 1. The Balaban J connectivity index is 1.94. The summed E-state index contributed by atoms with van der Waals surface area (Å²) in [5.41, 5.74) is 1.85. The molecule has 1 aliphatic rings. The first kappa shape index (κ1) is 17.0. The second-order valence-corrected chi connectivity index (χ2v) is 5.99. The van der Waals surface area contributed by atoms with Crippen LogP contribution < -0.4 is 10.2 Å². The molecule has 1 saturated heterocycles. The average Bonchev–Trinajstić information content (AvgIpc) is 3.02. The molecule has 3 rings (SSSR count). The summed E-state index contributed by atoms with van der Waals surface area (Å²) in [5.74, 6) is -0.386. The monoisotopic (exact) mass is 338 g/mol. The predicted octanol–water partition coefficient (Wildman–Crippen LogP) is 3.32. The van der Waals surface area contributed by atoms with Gasteiger partial charge in [-0.1, -0.05) is 48.5 Å². The van der Waals surface area contributed by atoms with Crippen LogP contribution in [0.1, 0.15) is 24.8 Å². The minimum atomic E-state index is -0.247. The molecule has 0 aliphatic carbocycles. The normalized spacial score (nSPS) is 17.9. The van der Waals surface area contributed by atoms with Gasteiger partial charge in [0.25, 0.3) is 0 Å². The number of anilines is 1. The van der Waals surface area contributed by atoms with Gasteiger partial charge in [0.05, 0.1) is 19.1 Å². The highest BCUT2D eigenvalue weighted by atomic mass is 16.5. The lowest BCUT2D eigenvalue weighted by atomic mass is 9.88. The van der Waals surface area contributed by atoms with E-state index in [0.29, 0.717) is 13.2 Å². The van der Waals surface area contributed by atoms with E-state index >= 15 is 0 Å². The van der Waals surface area contributed by atoms with Crippen LogP contribution in [0, 0.1) is 0 Å². The fraction of sp³-hybridized carbons (Fsp3) is 0.300. The van der Waals surface area contributed by atoms with Gasteiger partial charge in [-0.15, -0.1) is 0 Å². The van der Waals surface area contributed by atoms with E-state index in [2.05, 4.69) is 5.32 Å². The van der Waals surface area contributed by atoms with Gasteiger partial charge < -0.3 is 10.1 Å². The SMILES string of the molecule is CCOC(=O)CC(c1ccccc1)C1CNC(=O)N1c1ccccc1. The van der Waals surface area contributed by atoms with E-state index in [1.807, 2.05) is 60.7 Å². The Bertz CT molecular complexity index is 718. The number of nitrogens with one attached hydrogen (secondary N) is 1. The molecule has 1 N–H and O–H groups in total. The molecule has 5 heteroatoms. The third-order valence-corrected chi connectivity index (χ3v) is 4.43. The Morgan fingerprint density at radius 3 is 2.44 bits per heavy atom. The summed E-state index contributed by atoms with van der Waals surface area (Å²) in [6, 6.07) is 19.1. The Kier molecular flexibility index (Phi) is 5.33. The maximum atomic E-state index is 12.4. The molecule has 0 aromatic heterocycles. The molecule has 0 radical (unpaired) electrons. The first-order valence-corrected chi connectivity index (χ1v) is 8.53. The fourth-order valence-corrected chi connectivity index (χ4v) is 3.31. The van der Waals surface area contributed by atoms with E-state index in [0.717, 1.165) is 11.3 Å². The first-order chi connectivity index (χ1) is 12.2. The molecule has 0 spiro atoms. The molecule has 2 aromatic carbocycles. The Morgan fingerprint density at radius 1 is 1.16 bits per heavy atom. The zero-order chi connectivity index (χ0) is 17.6. The van der Waals surface area contributed by atoms with Gasteiger partial charge in [0.2, 0.25) is 0 Å². The van der Waals surface area contributed by atoms with Gasteiger partial charge in [0, 0.05) is 18.2 Å². The Labute approximate surface area is 147 Å². The van der Waals surface area contributed by atoms with Crippen molar-refractivity contribution in [2.45, 2.75) is 25.3 Å². The van der Waals surface area contributed by atoms with Crippen LogP contribution >= 0.6 is 0 Å². The van der Waals surface area contributed by atoms with E-state index in [-0.39, 0.29) is 30.4 Å². The van der Waals surface area contributed by atoms with Gasteiger partial charge in [0.15, 0.2) is 0 Å². The minimum Gasteiger partial charge on any atom is -0.466 e. The van der Waals surface area contributed by atoms with Gasteiger partial charge in [-0.05, 0) is 24.6 Å². The highest BCUT2D eigenvalue weighted by Gasteiger charge is 2.39. The number of rotatable bonds is 6. The number of amides is 2. The third kappa shape index (κ3) is 3.82. The van der Waals surface area contributed by atoms with Gasteiger partial charge in [-0.3, -0.25) is 9.69 Å². The van der Waals surface area contributed by atoms with Crippen molar-refractivity contribution < 1.29 is 14.3 Å². The molecule has 25 heavy (non-hydrogen) atoms. The van der Waals surface area contributed by atoms with Crippen molar-refractivity contribution in [2.75, 3.05) is 18.1 Å². The zero-order valence-electron chi connectivity index (χ0n) is 14.2. The van der Waals surface area contributed by atoms with Crippen molar-refractivity contribution in [3.63, 3.8) is 0 Å². The smallest absolute Gasteiger partial charge is 0.322 e. The minimum absolute atomic E-state index is 0.138. The summed E-state index contributed by atoms with van der Waals surface area (Å²) in [6.45, 7) is 2.64. The fourth-order valence-electron chi connectivity index (χ4n) is 3.31. The summed E-state index contributed by atoms with van der Waals surface area (Å²) in [6.07, 6.45) is 0.237. The molecule has 2 atom stereocenters. The number of hydrogen-bond acceptors (Lipinski definition) is 3. The van der Waals surface area contributed by atoms with E-state index in [1.165, 1.54) is 0 Å². The average molecular weight is 338 g/mol. The van der Waals surface area contributed by atoms with Crippen LogP contribution in [0.2, 0.25) is 0 Å². The molecule has 0 saturated carbocycles. The van der Waals surface area contributed by atoms with E-state index in [4.69, 9.17) is 4.74 Å². The summed E-state index contributed by atoms with van der Waals surface area (Å²) in [5, 5.41) is 2.91. The lowest BCUT2D eigenvalue weighted by Crippen LogP contribution is -2.39. The third-order valence-electron chi connectivity index (χ3n) is 4.43. The van der Waals surface area contributed by atoms with Crippen LogP contribution in [0.5, 0.6) is 0 Å². The van der Waals surface area contributed by atoms with Gasteiger partial charge in [-0.25, -0.2) is 4.79 Å². The summed E-state index contributed by atoms with van der Waals surface area (Å²) < 4.78 is 5.16. The largest absolute Gasteiger partial charge is 0.466 e. The van der Waals surface area contributed by atoms with Crippen molar-refractivity contribution in [2.24, 2.45) is 0 Å². The number of carbonyl (C=O) groups is 2. The molecule has 2 aromatic rings. The van der Waals surface area contributed by atoms with Gasteiger partial charge in [-0.2, -0.15) is 0 Å². The number of para-hydroxylation sites is 1. The van der Waals surface area contributed by atoms with Crippen LogP contribution in [-0.4, -0.2) is 31.2 Å². The maximum Gasteiger partial charge on any atom is 0.322 e. The lowest BCUT2D eigenvalue weighted by Gasteiger charge is -2.30. The van der Waals surface area contributed by atoms with Crippen LogP contribution in [0.3, 0.4) is 0 Å². The summed E-state index contributed by atoms with van der Waals surface area (Å²) in [7, 11) is 0. The van der Waals surface area contributed by atoms with Gasteiger partial charge >= 0.3 is 12.0 Å². The number of nitrogens with zero attached hydrogens (tertiary/aromatic N) is 1. The number of ether oxygens (including phenoxy) is 1. The molecule has 2 amide bonds. The van der Waals surface area contributed by atoms with Crippen LogP contribution in [0.25, 0.3) is 0 Å². The molecule has 1 fully saturated rings. The summed E-state index contributed by atoms with van der Waals surface area (Å²) in [4.78, 5) is 26.3. The number of esters is 1. The lowest BCUT2D eigenvalue weighted by molar-refractivity contribution is -0.143. The van der Waals surface area contributed by atoms with Crippen molar-refractivity contribution in [3.05, 3.63) is 66.2 Å².